The largest absolute Gasteiger partial charge is 0.342 e. The van der Waals surface area contributed by atoms with E-state index >= 15 is 0 Å². The fraction of sp³-hybridized carbons (Fsp3) is 0.944. The van der Waals surface area contributed by atoms with E-state index in [4.69, 9.17) is 9.78 Å². The molecule has 0 amide bonds. The first-order valence-corrected chi connectivity index (χ1v) is 8.90. The van der Waals surface area contributed by atoms with Crippen LogP contribution in [-0.4, -0.2) is 11.6 Å². The van der Waals surface area contributed by atoms with Crippen molar-refractivity contribution in [3.63, 3.8) is 0 Å². The van der Waals surface area contributed by atoms with Gasteiger partial charge in [-0.1, -0.05) is 71.6 Å². The average molecular weight is 300 g/mol. The lowest BCUT2D eigenvalue weighted by Crippen LogP contribution is -2.26. The van der Waals surface area contributed by atoms with Gasteiger partial charge in [0.15, 0.2) is 0 Å². The molecule has 3 heteroatoms. The maximum Gasteiger partial charge on any atom is 0.342 e. The number of hydrogen-bond acceptors (Lipinski definition) is 3. The smallest absolute Gasteiger partial charge is 0.298 e. The van der Waals surface area contributed by atoms with Crippen LogP contribution in [0.15, 0.2) is 0 Å². The van der Waals surface area contributed by atoms with E-state index in [0.29, 0.717) is 6.42 Å². The molecule has 0 saturated heterocycles. The van der Waals surface area contributed by atoms with Crippen molar-refractivity contribution in [2.75, 3.05) is 0 Å². The molecular formula is C18H36O3. The molecule has 0 rings (SSSR count). The highest BCUT2D eigenvalue weighted by atomic mass is 17.2. The molecule has 126 valence electrons. The van der Waals surface area contributed by atoms with Crippen LogP contribution in [0.1, 0.15) is 105 Å². The van der Waals surface area contributed by atoms with Gasteiger partial charge in [0.2, 0.25) is 0 Å². The van der Waals surface area contributed by atoms with Crippen LogP contribution in [0.5, 0.6) is 0 Å². The van der Waals surface area contributed by atoms with Crippen molar-refractivity contribution in [3.05, 3.63) is 0 Å². The van der Waals surface area contributed by atoms with E-state index in [2.05, 4.69) is 13.8 Å². The lowest BCUT2D eigenvalue weighted by Gasteiger charge is -2.22. The Morgan fingerprint density at radius 2 is 1.33 bits per heavy atom. The molecule has 21 heavy (non-hydrogen) atoms. The molecule has 0 aliphatic rings. The summed E-state index contributed by atoms with van der Waals surface area (Å²) in [6.07, 6.45) is 13.4. The molecule has 0 atom stereocenters. The third-order valence-corrected chi connectivity index (χ3v) is 3.73. The molecule has 0 aromatic carbocycles. The minimum Gasteiger partial charge on any atom is -0.298 e. The van der Waals surface area contributed by atoms with Crippen LogP contribution < -0.4 is 0 Å². The van der Waals surface area contributed by atoms with E-state index in [-0.39, 0.29) is 11.6 Å². The molecule has 0 saturated carbocycles. The maximum absolute atomic E-state index is 11.6. The first kappa shape index (κ1) is 20.4. The highest BCUT2D eigenvalue weighted by Gasteiger charge is 2.21. The second-order valence-corrected chi connectivity index (χ2v) is 6.63. The molecule has 0 aliphatic carbocycles. The van der Waals surface area contributed by atoms with Crippen LogP contribution >= 0.6 is 0 Å². The number of rotatable bonds is 14. The highest BCUT2D eigenvalue weighted by Crippen LogP contribution is 2.18. The highest BCUT2D eigenvalue weighted by molar-refractivity contribution is 5.68. The van der Waals surface area contributed by atoms with Crippen molar-refractivity contribution in [1.82, 2.24) is 0 Å². The normalized spacial score (nSPS) is 11.6. The summed E-state index contributed by atoms with van der Waals surface area (Å²) in [5, 5.41) is 0. The molecule has 0 bridgehead atoms. The van der Waals surface area contributed by atoms with Gasteiger partial charge in [-0.15, -0.1) is 0 Å². The van der Waals surface area contributed by atoms with Gasteiger partial charge < -0.3 is 0 Å². The summed E-state index contributed by atoms with van der Waals surface area (Å²) in [7, 11) is 0. The quantitative estimate of drug-likeness (QED) is 0.225. The Labute approximate surface area is 131 Å². The second-order valence-electron chi connectivity index (χ2n) is 6.63. The monoisotopic (exact) mass is 300 g/mol. The van der Waals surface area contributed by atoms with Gasteiger partial charge in [-0.05, 0) is 26.7 Å². The van der Waals surface area contributed by atoms with Gasteiger partial charge in [-0.25, -0.2) is 4.79 Å². The maximum atomic E-state index is 11.6. The fourth-order valence-corrected chi connectivity index (χ4v) is 2.25. The molecule has 0 aliphatic heterocycles. The summed E-state index contributed by atoms with van der Waals surface area (Å²) in [5.41, 5.74) is -0.370. The average Bonchev–Trinajstić information content (AvgIpc) is 2.46. The molecule has 0 fully saturated rings. The van der Waals surface area contributed by atoms with Gasteiger partial charge >= 0.3 is 5.97 Å². The van der Waals surface area contributed by atoms with E-state index in [1.807, 2.05) is 13.8 Å². The number of carbonyl (C=O) groups excluding carboxylic acids is 1. The third kappa shape index (κ3) is 14.1. The second kappa shape index (κ2) is 13.1. The lowest BCUT2D eigenvalue weighted by atomic mass is 10.0. The van der Waals surface area contributed by atoms with E-state index in [1.165, 1.54) is 38.5 Å². The van der Waals surface area contributed by atoms with Crippen LogP contribution in [0.2, 0.25) is 0 Å². The molecule has 0 spiro atoms. The Bertz CT molecular complexity index is 249. The number of carbonyl (C=O) groups is 1. The standard InChI is InChI=1S/C18H36O3/c1-5-7-9-10-11-12-13-14-15-17(19)20-21-18(3,4)16-8-6-2/h5-16H2,1-4H3. The predicted molar refractivity (Wildman–Crippen MR) is 88.0 cm³/mol. The minimum atomic E-state index is -0.370. The van der Waals surface area contributed by atoms with Crippen LogP contribution in [0, 0.1) is 0 Å². The molecule has 0 aromatic heterocycles. The summed E-state index contributed by atoms with van der Waals surface area (Å²) in [6, 6.07) is 0. The van der Waals surface area contributed by atoms with E-state index in [0.717, 1.165) is 32.1 Å². The van der Waals surface area contributed by atoms with E-state index in [9.17, 15) is 4.79 Å². The van der Waals surface area contributed by atoms with Crippen molar-refractivity contribution in [2.45, 2.75) is 110 Å². The lowest BCUT2D eigenvalue weighted by molar-refractivity contribution is -0.326. The Balaban J connectivity index is 3.46. The van der Waals surface area contributed by atoms with E-state index in [1.54, 1.807) is 0 Å². The third-order valence-electron chi connectivity index (χ3n) is 3.73. The van der Waals surface area contributed by atoms with Crippen molar-refractivity contribution in [1.29, 1.82) is 0 Å². The Kier molecular flexibility index (Phi) is 12.8. The first-order valence-electron chi connectivity index (χ1n) is 8.90. The van der Waals surface area contributed by atoms with Gasteiger partial charge in [0.05, 0.1) is 0 Å². The fourth-order valence-electron chi connectivity index (χ4n) is 2.25. The Morgan fingerprint density at radius 3 is 1.90 bits per heavy atom. The zero-order valence-corrected chi connectivity index (χ0v) is 14.7. The van der Waals surface area contributed by atoms with Gasteiger partial charge in [0.1, 0.15) is 5.60 Å². The summed E-state index contributed by atoms with van der Waals surface area (Å²) in [6.45, 7) is 8.31. The Hall–Kier alpha value is -0.570. The van der Waals surface area contributed by atoms with Crippen LogP contribution in [0.3, 0.4) is 0 Å². The summed E-state index contributed by atoms with van der Waals surface area (Å²) >= 11 is 0. The zero-order chi connectivity index (χ0) is 16.0. The number of hydrogen-bond donors (Lipinski definition) is 0. The van der Waals surface area contributed by atoms with Crippen LogP contribution in [0.25, 0.3) is 0 Å². The van der Waals surface area contributed by atoms with E-state index < -0.39 is 0 Å². The molecule has 0 radical (unpaired) electrons. The van der Waals surface area contributed by atoms with Crippen LogP contribution in [0.4, 0.5) is 0 Å². The molecule has 0 unspecified atom stereocenters. The van der Waals surface area contributed by atoms with Crippen molar-refractivity contribution in [2.24, 2.45) is 0 Å². The van der Waals surface area contributed by atoms with Crippen LogP contribution in [-0.2, 0) is 14.6 Å². The van der Waals surface area contributed by atoms with Gasteiger partial charge in [-0.2, -0.15) is 4.89 Å². The van der Waals surface area contributed by atoms with Gasteiger partial charge in [0, 0.05) is 6.42 Å². The summed E-state index contributed by atoms with van der Waals surface area (Å²) < 4.78 is 0. The summed E-state index contributed by atoms with van der Waals surface area (Å²) in [4.78, 5) is 21.8. The first-order chi connectivity index (χ1) is 10.0. The van der Waals surface area contributed by atoms with Crippen molar-refractivity contribution in [3.8, 4) is 0 Å². The van der Waals surface area contributed by atoms with Gasteiger partial charge in [0.25, 0.3) is 0 Å². The molecular weight excluding hydrogens is 264 g/mol. The zero-order valence-electron chi connectivity index (χ0n) is 14.7. The SMILES string of the molecule is CCCCCCCCCCC(=O)OOC(C)(C)CCCC. The van der Waals surface area contributed by atoms with Crippen molar-refractivity contribution >= 4 is 5.97 Å². The summed E-state index contributed by atoms with van der Waals surface area (Å²) in [5.74, 6) is -0.231. The Morgan fingerprint density at radius 1 is 0.810 bits per heavy atom. The molecule has 0 heterocycles. The molecule has 3 nitrogen and oxygen atoms in total. The number of unbranched alkanes of at least 4 members (excludes halogenated alkanes) is 8. The van der Waals surface area contributed by atoms with Crippen molar-refractivity contribution < 1.29 is 14.6 Å². The predicted octanol–water partition coefficient (Wildman–Crippen LogP) is 5.96. The molecule has 0 N–H and O–H groups in total. The minimum absolute atomic E-state index is 0.231. The van der Waals surface area contributed by atoms with Gasteiger partial charge in [-0.3, -0.25) is 4.89 Å². The topological polar surface area (TPSA) is 35.5 Å². The molecule has 0 aromatic rings.